The van der Waals surface area contributed by atoms with E-state index in [2.05, 4.69) is 111 Å². The number of fused-ring (bicyclic) bond motifs is 1. The van der Waals surface area contributed by atoms with Crippen molar-refractivity contribution in [2.45, 2.75) is 39.5 Å². The summed E-state index contributed by atoms with van der Waals surface area (Å²) in [6.07, 6.45) is 0. The molecule has 32 heavy (non-hydrogen) atoms. The first-order chi connectivity index (χ1) is 15.6. The van der Waals surface area contributed by atoms with E-state index < -0.39 is 0 Å². The molecule has 0 saturated carbocycles. The lowest BCUT2D eigenvalue weighted by Gasteiger charge is -2.16. The first-order valence-electron chi connectivity index (χ1n) is 11.3. The number of H-pyrrole nitrogens is 1. The van der Waals surface area contributed by atoms with Gasteiger partial charge in [-0.2, -0.15) is 0 Å². The highest BCUT2D eigenvalue weighted by Gasteiger charge is 2.26. The number of thiophene rings is 1. The SMILES string of the molecule is CC(C)c1[nH]c2c(-c3ccccc3)c(-c3cccs3)nc(C(C)C)c2c1-c1ccccc1. The number of nitrogens with one attached hydrogen (secondary N) is 1. The maximum atomic E-state index is 5.37. The molecule has 0 amide bonds. The summed E-state index contributed by atoms with van der Waals surface area (Å²) < 4.78 is 0. The van der Waals surface area contributed by atoms with E-state index in [1.165, 1.54) is 43.7 Å². The van der Waals surface area contributed by atoms with E-state index in [1.54, 1.807) is 11.3 Å². The number of pyridine rings is 1. The summed E-state index contributed by atoms with van der Waals surface area (Å²) in [5.41, 5.74) is 9.62. The molecule has 3 aromatic heterocycles. The monoisotopic (exact) mass is 436 g/mol. The average molecular weight is 437 g/mol. The highest BCUT2D eigenvalue weighted by molar-refractivity contribution is 7.13. The third-order valence-electron chi connectivity index (χ3n) is 6.01. The van der Waals surface area contributed by atoms with Crippen molar-refractivity contribution in [1.29, 1.82) is 0 Å². The van der Waals surface area contributed by atoms with Gasteiger partial charge in [-0.3, -0.25) is 4.98 Å². The van der Waals surface area contributed by atoms with Gasteiger partial charge in [0.05, 0.1) is 21.8 Å². The van der Waals surface area contributed by atoms with Crippen LogP contribution in [0, 0.1) is 0 Å². The fraction of sp³-hybridized carbons (Fsp3) is 0.207. The van der Waals surface area contributed by atoms with Gasteiger partial charge in [-0.05, 0) is 34.4 Å². The van der Waals surface area contributed by atoms with E-state index in [4.69, 9.17) is 4.98 Å². The zero-order valence-corrected chi connectivity index (χ0v) is 19.8. The molecule has 0 atom stereocenters. The van der Waals surface area contributed by atoms with E-state index in [0.717, 1.165) is 11.4 Å². The van der Waals surface area contributed by atoms with E-state index in [9.17, 15) is 0 Å². The molecule has 3 heteroatoms. The molecule has 3 heterocycles. The second-order valence-corrected chi connectivity index (χ2v) is 9.85. The Hall–Kier alpha value is -3.17. The normalized spacial score (nSPS) is 11.7. The Balaban J connectivity index is 1.99. The lowest BCUT2D eigenvalue weighted by Crippen LogP contribution is -1.99. The van der Waals surface area contributed by atoms with Gasteiger partial charge >= 0.3 is 0 Å². The van der Waals surface area contributed by atoms with Crippen molar-refractivity contribution in [3.05, 3.63) is 89.6 Å². The molecule has 1 N–H and O–H groups in total. The highest BCUT2D eigenvalue weighted by atomic mass is 32.1. The number of rotatable bonds is 5. The maximum Gasteiger partial charge on any atom is 0.0904 e. The van der Waals surface area contributed by atoms with Crippen LogP contribution in [-0.2, 0) is 0 Å². The molecule has 5 rings (SSSR count). The van der Waals surface area contributed by atoms with Crippen LogP contribution < -0.4 is 0 Å². The predicted octanol–water partition coefficient (Wildman–Crippen LogP) is 8.87. The van der Waals surface area contributed by atoms with E-state index >= 15 is 0 Å². The van der Waals surface area contributed by atoms with Gasteiger partial charge in [0.1, 0.15) is 0 Å². The van der Waals surface area contributed by atoms with Crippen LogP contribution in [0.1, 0.15) is 50.9 Å². The molecule has 0 bridgehead atoms. The van der Waals surface area contributed by atoms with Crippen molar-refractivity contribution in [3.8, 4) is 32.8 Å². The molecule has 0 fully saturated rings. The molecule has 2 nitrogen and oxygen atoms in total. The second-order valence-electron chi connectivity index (χ2n) is 8.90. The summed E-state index contributed by atoms with van der Waals surface area (Å²) in [6.45, 7) is 9.03. The van der Waals surface area contributed by atoms with Gasteiger partial charge < -0.3 is 4.98 Å². The van der Waals surface area contributed by atoms with Crippen molar-refractivity contribution in [2.75, 3.05) is 0 Å². The van der Waals surface area contributed by atoms with Gasteiger partial charge in [-0.1, -0.05) is 94.4 Å². The van der Waals surface area contributed by atoms with Gasteiger partial charge in [0, 0.05) is 22.2 Å². The summed E-state index contributed by atoms with van der Waals surface area (Å²) in [5, 5.41) is 3.39. The van der Waals surface area contributed by atoms with Gasteiger partial charge in [0.25, 0.3) is 0 Å². The van der Waals surface area contributed by atoms with Gasteiger partial charge in [-0.15, -0.1) is 11.3 Å². The van der Waals surface area contributed by atoms with Crippen LogP contribution in [-0.4, -0.2) is 9.97 Å². The summed E-state index contributed by atoms with van der Waals surface area (Å²) >= 11 is 1.75. The van der Waals surface area contributed by atoms with Gasteiger partial charge in [0.2, 0.25) is 0 Å². The van der Waals surface area contributed by atoms with E-state index in [0.29, 0.717) is 11.8 Å². The average Bonchev–Trinajstić information content (AvgIpc) is 3.47. The number of aromatic nitrogens is 2. The summed E-state index contributed by atoms with van der Waals surface area (Å²) in [4.78, 5) is 10.5. The Bertz CT molecular complexity index is 1350. The molecule has 5 aromatic rings. The number of hydrogen-bond acceptors (Lipinski definition) is 2. The number of benzene rings is 2. The van der Waals surface area contributed by atoms with Crippen molar-refractivity contribution in [3.63, 3.8) is 0 Å². The first-order valence-corrected chi connectivity index (χ1v) is 12.2. The Morgan fingerprint density at radius 3 is 1.88 bits per heavy atom. The molecule has 0 aliphatic heterocycles. The molecule has 0 unspecified atom stereocenters. The Labute approximate surface area is 194 Å². The lowest BCUT2D eigenvalue weighted by molar-refractivity contribution is 0.835. The van der Waals surface area contributed by atoms with Crippen molar-refractivity contribution in [2.24, 2.45) is 0 Å². The molecule has 0 saturated heterocycles. The van der Waals surface area contributed by atoms with Crippen LogP contribution >= 0.6 is 11.3 Å². The molecule has 0 aliphatic rings. The minimum absolute atomic E-state index is 0.305. The Morgan fingerprint density at radius 2 is 1.34 bits per heavy atom. The fourth-order valence-corrected chi connectivity index (χ4v) is 5.27. The maximum absolute atomic E-state index is 5.37. The van der Waals surface area contributed by atoms with Crippen LogP contribution in [0.2, 0.25) is 0 Å². The third kappa shape index (κ3) is 3.47. The molecular weight excluding hydrogens is 408 g/mol. The molecule has 0 radical (unpaired) electrons. The molecule has 0 aliphatic carbocycles. The minimum atomic E-state index is 0.305. The summed E-state index contributed by atoms with van der Waals surface area (Å²) in [6, 6.07) is 25.7. The summed E-state index contributed by atoms with van der Waals surface area (Å²) in [7, 11) is 0. The van der Waals surface area contributed by atoms with Crippen LogP contribution in [0.15, 0.2) is 78.2 Å². The quantitative estimate of drug-likeness (QED) is 0.293. The first kappa shape index (κ1) is 20.7. The standard InChI is InChI=1S/C29H28N2S/c1-18(2)26-23(20-12-7-5-8-13-20)25-27(19(3)4)30-28(22-16-11-17-32-22)24(29(25)31-26)21-14-9-6-10-15-21/h5-19,31H,1-4H3. The predicted molar refractivity (Wildman–Crippen MR) is 138 cm³/mol. The van der Waals surface area contributed by atoms with Crippen molar-refractivity contribution in [1.82, 2.24) is 9.97 Å². The number of aromatic amines is 1. The van der Waals surface area contributed by atoms with Crippen molar-refractivity contribution >= 4 is 22.2 Å². The van der Waals surface area contributed by atoms with Gasteiger partial charge in [0.15, 0.2) is 0 Å². The minimum Gasteiger partial charge on any atom is -0.357 e. The second kappa shape index (κ2) is 8.40. The molecule has 2 aromatic carbocycles. The Morgan fingerprint density at radius 1 is 0.719 bits per heavy atom. The summed E-state index contributed by atoms with van der Waals surface area (Å²) in [5.74, 6) is 0.672. The topological polar surface area (TPSA) is 28.7 Å². The smallest absolute Gasteiger partial charge is 0.0904 e. The van der Waals surface area contributed by atoms with Crippen LogP contribution in [0.25, 0.3) is 43.7 Å². The fourth-order valence-electron chi connectivity index (χ4n) is 4.55. The van der Waals surface area contributed by atoms with Crippen LogP contribution in [0.4, 0.5) is 0 Å². The van der Waals surface area contributed by atoms with E-state index in [1.807, 2.05) is 0 Å². The molecular formula is C29H28N2S. The highest BCUT2D eigenvalue weighted by Crippen LogP contribution is 2.46. The van der Waals surface area contributed by atoms with E-state index in [-0.39, 0.29) is 0 Å². The third-order valence-corrected chi connectivity index (χ3v) is 6.88. The lowest BCUT2D eigenvalue weighted by atomic mass is 9.91. The number of nitrogens with zero attached hydrogens (tertiary/aromatic N) is 1. The van der Waals surface area contributed by atoms with Crippen LogP contribution in [0.3, 0.4) is 0 Å². The van der Waals surface area contributed by atoms with Crippen molar-refractivity contribution < 1.29 is 0 Å². The number of hydrogen-bond donors (Lipinski definition) is 1. The zero-order chi connectivity index (χ0) is 22.2. The molecule has 0 spiro atoms. The van der Waals surface area contributed by atoms with Crippen LogP contribution in [0.5, 0.6) is 0 Å². The zero-order valence-electron chi connectivity index (χ0n) is 19.0. The largest absolute Gasteiger partial charge is 0.357 e. The van der Waals surface area contributed by atoms with Gasteiger partial charge in [-0.25, -0.2) is 0 Å². The Kier molecular flexibility index (Phi) is 5.44. The molecule has 160 valence electrons.